The number of carbonyl (C=O) groups is 2. The molecular weight excluding hydrogens is 347 g/mol. The fourth-order valence-electron chi connectivity index (χ4n) is 1.88. The van der Waals surface area contributed by atoms with Crippen LogP contribution in [0.25, 0.3) is 0 Å². The van der Waals surface area contributed by atoms with Crippen LogP contribution in [-0.4, -0.2) is 23.1 Å². The smallest absolute Gasteiger partial charge is 0.348 e. The number of nitrogens with zero attached hydrogens (tertiary/aromatic N) is 1. The van der Waals surface area contributed by atoms with Gasteiger partial charge in [0.2, 0.25) is 0 Å². The summed E-state index contributed by atoms with van der Waals surface area (Å²) in [4.78, 5) is 24.5. The first-order chi connectivity index (χ1) is 10.3. The molecule has 2 aromatic rings. The zero-order valence-corrected chi connectivity index (χ0v) is 14.5. The van der Waals surface area contributed by atoms with E-state index in [-0.39, 0.29) is 5.91 Å². The molecule has 2 aromatic heterocycles. The molecule has 0 saturated heterocycles. The fraction of sp³-hybridized carbons (Fsp3) is 0.286. The van der Waals surface area contributed by atoms with Gasteiger partial charge in [0.15, 0.2) is 0 Å². The van der Waals surface area contributed by atoms with Crippen LogP contribution in [0.2, 0.25) is 10.2 Å². The second-order valence-electron chi connectivity index (χ2n) is 4.52. The molecule has 0 fully saturated rings. The highest BCUT2D eigenvalue weighted by molar-refractivity contribution is 7.18. The lowest BCUT2D eigenvalue weighted by molar-refractivity contribution is 0.0531. The van der Waals surface area contributed by atoms with E-state index in [9.17, 15) is 9.59 Å². The van der Waals surface area contributed by atoms with Crippen molar-refractivity contribution in [3.63, 3.8) is 0 Å². The number of rotatable bonds is 4. The average Bonchev–Trinajstić information content (AvgIpc) is 2.94. The van der Waals surface area contributed by atoms with Crippen LogP contribution in [0.5, 0.6) is 0 Å². The number of thiophene rings is 1. The van der Waals surface area contributed by atoms with E-state index in [4.69, 9.17) is 27.9 Å². The predicted octanol–water partition coefficient (Wildman–Crippen LogP) is 4.13. The van der Waals surface area contributed by atoms with E-state index in [1.165, 1.54) is 22.0 Å². The highest BCUT2D eigenvalue weighted by Gasteiger charge is 2.19. The van der Waals surface area contributed by atoms with Gasteiger partial charge in [-0.1, -0.05) is 23.2 Å². The number of halogens is 2. The standard InChI is InChI=1S/C14H14Cl2N2O3S/c1-4-21-14(20)11-7(2)5-10(22-11)17-13(19)9-6-8(15)12(16)18(9)3/h5-6H,4H2,1-3H3,(H,17,19). The summed E-state index contributed by atoms with van der Waals surface area (Å²) in [7, 11) is 1.65. The highest BCUT2D eigenvalue weighted by Crippen LogP contribution is 2.29. The maximum absolute atomic E-state index is 12.3. The Morgan fingerprint density at radius 3 is 2.59 bits per heavy atom. The van der Waals surface area contributed by atoms with Crippen LogP contribution in [0, 0.1) is 6.92 Å². The van der Waals surface area contributed by atoms with Gasteiger partial charge in [-0.3, -0.25) is 4.79 Å². The topological polar surface area (TPSA) is 60.3 Å². The van der Waals surface area contributed by atoms with Gasteiger partial charge in [0.25, 0.3) is 5.91 Å². The Morgan fingerprint density at radius 1 is 1.36 bits per heavy atom. The summed E-state index contributed by atoms with van der Waals surface area (Å²) in [6.07, 6.45) is 0. The number of esters is 1. The first kappa shape index (κ1) is 16.9. The largest absolute Gasteiger partial charge is 0.462 e. The van der Waals surface area contributed by atoms with Crippen molar-refractivity contribution in [3.05, 3.63) is 38.4 Å². The zero-order chi connectivity index (χ0) is 16.4. The van der Waals surface area contributed by atoms with Gasteiger partial charge in [-0.15, -0.1) is 11.3 Å². The van der Waals surface area contributed by atoms with Gasteiger partial charge in [0.1, 0.15) is 15.7 Å². The molecule has 0 radical (unpaired) electrons. The number of carbonyl (C=O) groups excluding carboxylic acids is 2. The van der Waals surface area contributed by atoms with Crippen LogP contribution in [-0.2, 0) is 11.8 Å². The molecule has 1 N–H and O–H groups in total. The van der Waals surface area contributed by atoms with E-state index in [0.29, 0.717) is 32.4 Å². The van der Waals surface area contributed by atoms with Crippen molar-refractivity contribution in [1.29, 1.82) is 0 Å². The van der Waals surface area contributed by atoms with E-state index in [1.54, 1.807) is 27.0 Å². The third-order valence-corrected chi connectivity index (χ3v) is 4.94. The Bertz CT molecular complexity index is 737. The van der Waals surface area contributed by atoms with Crippen LogP contribution in [0.1, 0.15) is 32.6 Å². The Hall–Kier alpha value is -1.50. The van der Waals surface area contributed by atoms with Crippen LogP contribution in [0.4, 0.5) is 5.00 Å². The van der Waals surface area contributed by atoms with Crippen molar-refractivity contribution in [2.24, 2.45) is 7.05 Å². The van der Waals surface area contributed by atoms with Gasteiger partial charge >= 0.3 is 5.97 Å². The number of aromatic nitrogens is 1. The molecule has 5 nitrogen and oxygen atoms in total. The van der Waals surface area contributed by atoms with E-state index < -0.39 is 5.97 Å². The molecule has 8 heteroatoms. The Kier molecular flexibility index (Phi) is 5.16. The number of aryl methyl sites for hydroxylation is 1. The Balaban J connectivity index is 2.20. The van der Waals surface area contributed by atoms with Gasteiger partial charge in [0.05, 0.1) is 16.6 Å². The van der Waals surface area contributed by atoms with Crippen LogP contribution >= 0.6 is 34.5 Å². The molecule has 0 atom stereocenters. The lowest BCUT2D eigenvalue weighted by Crippen LogP contribution is -2.14. The molecule has 118 valence electrons. The summed E-state index contributed by atoms with van der Waals surface area (Å²) in [6.45, 7) is 3.83. The first-order valence-electron chi connectivity index (χ1n) is 6.44. The quantitative estimate of drug-likeness (QED) is 0.833. The lowest BCUT2D eigenvalue weighted by atomic mass is 10.3. The maximum Gasteiger partial charge on any atom is 0.348 e. The van der Waals surface area contributed by atoms with Gasteiger partial charge in [-0.25, -0.2) is 4.79 Å². The Labute approximate surface area is 141 Å². The summed E-state index contributed by atoms with van der Waals surface area (Å²) < 4.78 is 6.46. The number of hydrogen-bond donors (Lipinski definition) is 1. The van der Waals surface area contributed by atoms with E-state index >= 15 is 0 Å². The van der Waals surface area contributed by atoms with Crippen LogP contribution in [0.3, 0.4) is 0 Å². The normalized spacial score (nSPS) is 10.6. The maximum atomic E-state index is 12.3. The molecule has 0 aliphatic carbocycles. The number of hydrogen-bond acceptors (Lipinski definition) is 4. The van der Waals surface area contributed by atoms with Crippen molar-refractivity contribution in [3.8, 4) is 0 Å². The summed E-state index contributed by atoms with van der Waals surface area (Å²) in [5, 5.41) is 3.89. The van der Waals surface area contributed by atoms with Crippen molar-refractivity contribution in [1.82, 2.24) is 4.57 Å². The molecule has 22 heavy (non-hydrogen) atoms. The predicted molar refractivity (Wildman–Crippen MR) is 88.4 cm³/mol. The van der Waals surface area contributed by atoms with Crippen LogP contribution < -0.4 is 5.32 Å². The van der Waals surface area contributed by atoms with Crippen molar-refractivity contribution < 1.29 is 14.3 Å². The summed E-state index contributed by atoms with van der Waals surface area (Å²) in [5.41, 5.74) is 1.08. The SMILES string of the molecule is CCOC(=O)c1sc(NC(=O)c2cc(Cl)c(Cl)n2C)cc1C. The minimum atomic E-state index is -0.393. The van der Waals surface area contributed by atoms with E-state index in [2.05, 4.69) is 5.32 Å². The number of amides is 1. The molecule has 0 bridgehead atoms. The fourth-order valence-corrected chi connectivity index (χ4v) is 3.22. The molecular formula is C14H14Cl2N2O3S. The number of anilines is 1. The molecule has 0 spiro atoms. The van der Waals surface area contributed by atoms with Crippen molar-refractivity contribution in [2.45, 2.75) is 13.8 Å². The molecule has 1 amide bonds. The Morgan fingerprint density at radius 2 is 2.05 bits per heavy atom. The summed E-state index contributed by atoms with van der Waals surface area (Å²) >= 11 is 13.0. The average molecular weight is 361 g/mol. The first-order valence-corrected chi connectivity index (χ1v) is 8.02. The molecule has 0 saturated carbocycles. The molecule has 0 aromatic carbocycles. The minimum Gasteiger partial charge on any atom is -0.462 e. The van der Waals surface area contributed by atoms with Gasteiger partial charge in [-0.2, -0.15) is 0 Å². The number of nitrogens with one attached hydrogen (secondary N) is 1. The summed E-state index contributed by atoms with van der Waals surface area (Å²) in [5.74, 6) is -0.747. The number of ether oxygens (including phenoxy) is 1. The monoisotopic (exact) mass is 360 g/mol. The van der Waals surface area contributed by atoms with Crippen molar-refractivity contribution in [2.75, 3.05) is 11.9 Å². The van der Waals surface area contributed by atoms with Crippen LogP contribution in [0.15, 0.2) is 12.1 Å². The molecule has 0 aliphatic rings. The third kappa shape index (κ3) is 3.29. The molecule has 0 aliphatic heterocycles. The third-order valence-electron chi connectivity index (χ3n) is 2.96. The highest BCUT2D eigenvalue weighted by atomic mass is 35.5. The van der Waals surface area contributed by atoms with Gasteiger partial charge in [0, 0.05) is 7.05 Å². The molecule has 2 rings (SSSR count). The minimum absolute atomic E-state index is 0.293. The lowest BCUT2D eigenvalue weighted by Gasteiger charge is -2.04. The second kappa shape index (κ2) is 6.73. The van der Waals surface area contributed by atoms with Gasteiger partial charge in [-0.05, 0) is 31.5 Å². The van der Waals surface area contributed by atoms with E-state index in [1.807, 2.05) is 0 Å². The van der Waals surface area contributed by atoms with E-state index in [0.717, 1.165) is 5.56 Å². The van der Waals surface area contributed by atoms with Crippen molar-refractivity contribution >= 4 is 51.4 Å². The zero-order valence-electron chi connectivity index (χ0n) is 12.2. The summed E-state index contributed by atoms with van der Waals surface area (Å²) in [6, 6.07) is 3.22. The molecule has 2 heterocycles. The molecule has 0 unspecified atom stereocenters. The second-order valence-corrected chi connectivity index (χ2v) is 6.34. The van der Waals surface area contributed by atoms with Gasteiger partial charge < -0.3 is 14.6 Å².